The lowest BCUT2D eigenvalue weighted by Gasteiger charge is -2.45. The molecule has 0 aromatic heterocycles. The van der Waals surface area contributed by atoms with Gasteiger partial charge in [-0.3, -0.25) is 9.69 Å². The zero-order valence-corrected chi connectivity index (χ0v) is 9.43. The summed E-state index contributed by atoms with van der Waals surface area (Å²) >= 11 is 0. The van der Waals surface area contributed by atoms with Crippen molar-refractivity contribution in [3.05, 3.63) is 0 Å². The van der Waals surface area contributed by atoms with Crippen LogP contribution in [-0.4, -0.2) is 71.8 Å². The summed E-state index contributed by atoms with van der Waals surface area (Å²) in [7, 11) is 1.13. The van der Waals surface area contributed by atoms with Gasteiger partial charge >= 0.3 is 0 Å². The molecule has 0 unspecified atom stereocenters. The number of amides is 1. The van der Waals surface area contributed by atoms with Crippen molar-refractivity contribution in [3.63, 3.8) is 0 Å². The second-order valence-electron chi connectivity index (χ2n) is 3.94. The summed E-state index contributed by atoms with van der Waals surface area (Å²) in [5, 5.41) is 20.6. The summed E-state index contributed by atoms with van der Waals surface area (Å²) < 4.78 is 51.9. The first-order valence-corrected chi connectivity index (χ1v) is 5.18. The number of aliphatic hydroxyl groups is 2. The molecular formula is C9H14F4N2O3. The van der Waals surface area contributed by atoms with Crippen molar-refractivity contribution < 1.29 is 32.6 Å². The molecule has 5 nitrogen and oxygen atoms in total. The fourth-order valence-electron chi connectivity index (χ4n) is 2.03. The quantitative estimate of drug-likeness (QED) is 0.458. The van der Waals surface area contributed by atoms with E-state index < -0.39 is 49.6 Å². The third-order valence-electron chi connectivity index (χ3n) is 2.98. The van der Waals surface area contributed by atoms with Crippen LogP contribution >= 0.6 is 0 Å². The molecule has 1 fully saturated rings. The highest BCUT2D eigenvalue weighted by molar-refractivity contribution is 5.82. The van der Waals surface area contributed by atoms with E-state index in [2.05, 4.69) is 0 Å². The first kappa shape index (κ1) is 15.1. The Hall–Kier alpha value is -0.930. The van der Waals surface area contributed by atoms with E-state index in [-0.39, 0.29) is 4.90 Å². The van der Waals surface area contributed by atoms with E-state index >= 15 is 0 Å². The van der Waals surface area contributed by atoms with E-state index in [4.69, 9.17) is 0 Å². The van der Waals surface area contributed by atoms with Gasteiger partial charge in [0.1, 0.15) is 31.1 Å². The van der Waals surface area contributed by atoms with Crippen molar-refractivity contribution in [3.8, 4) is 0 Å². The van der Waals surface area contributed by atoms with Crippen LogP contribution in [0, 0.1) is 0 Å². The van der Waals surface area contributed by atoms with Gasteiger partial charge < -0.3 is 15.5 Å². The van der Waals surface area contributed by atoms with Crippen molar-refractivity contribution >= 4 is 5.91 Å². The Morgan fingerprint density at radius 3 is 2.33 bits per heavy atom. The Morgan fingerprint density at radius 2 is 1.94 bits per heavy atom. The highest BCUT2D eigenvalue weighted by Crippen LogP contribution is 2.30. The molecule has 1 amide bonds. The van der Waals surface area contributed by atoms with Crippen molar-refractivity contribution in [2.45, 2.75) is 36.9 Å². The Labute approximate surface area is 100 Å². The van der Waals surface area contributed by atoms with Gasteiger partial charge in [-0.2, -0.15) is 0 Å². The van der Waals surface area contributed by atoms with E-state index in [0.29, 0.717) is 0 Å². The van der Waals surface area contributed by atoms with Crippen molar-refractivity contribution in [2.75, 3.05) is 13.8 Å². The van der Waals surface area contributed by atoms with Crippen LogP contribution in [0.5, 0.6) is 0 Å². The van der Waals surface area contributed by atoms with Gasteiger partial charge in [0.2, 0.25) is 5.91 Å². The summed E-state index contributed by atoms with van der Waals surface area (Å²) in [5.41, 5.74) is 0. The smallest absolute Gasteiger partial charge is 0.256 e. The summed E-state index contributed by atoms with van der Waals surface area (Å²) in [4.78, 5) is 11.6. The second kappa shape index (κ2) is 5.81. The minimum absolute atomic E-state index is 0.214. The predicted octanol–water partition coefficient (Wildman–Crippen LogP) is -0.963. The molecule has 1 heterocycles. The van der Waals surface area contributed by atoms with Crippen molar-refractivity contribution in [1.82, 2.24) is 10.2 Å². The summed E-state index contributed by atoms with van der Waals surface area (Å²) in [6, 6.07) is -4.04. The molecule has 0 aliphatic carbocycles. The first-order chi connectivity index (χ1) is 8.36. The number of hydrogen-bond donors (Lipinski definition) is 3. The van der Waals surface area contributed by atoms with Crippen LogP contribution in [-0.2, 0) is 4.79 Å². The number of halogens is 4. The van der Waals surface area contributed by atoms with Crippen molar-refractivity contribution in [2.24, 2.45) is 0 Å². The lowest BCUT2D eigenvalue weighted by Crippen LogP contribution is -2.69. The van der Waals surface area contributed by atoms with Gasteiger partial charge in [-0.25, -0.2) is 17.6 Å². The number of carbonyl (C=O) groups is 1. The number of nitrogens with zero attached hydrogens (tertiary/aromatic N) is 1. The standard InChI is InChI=1S/C9H14F4N2O3/c1-14-9(18)4-3(11)6(16)7(17)5(8(12)13)15(4)2-10/h3-8,16-17H,2H2,1H3,(H,14,18)/t3-,4+,5+,6-,7-/m1/s1. The van der Waals surface area contributed by atoms with Gasteiger partial charge in [0.15, 0.2) is 6.17 Å². The number of nitrogens with one attached hydrogen (secondary N) is 1. The number of rotatable bonds is 3. The first-order valence-electron chi connectivity index (χ1n) is 5.18. The lowest BCUT2D eigenvalue weighted by atomic mass is 9.89. The van der Waals surface area contributed by atoms with Crippen LogP contribution in [0.15, 0.2) is 0 Å². The Kier molecular flexibility index (Phi) is 4.88. The number of likely N-dealkylation sites (tertiary alicyclic amines) is 1. The van der Waals surface area contributed by atoms with E-state index in [1.165, 1.54) is 0 Å². The van der Waals surface area contributed by atoms with E-state index in [9.17, 15) is 32.6 Å². The minimum Gasteiger partial charge on any atom is -0.388 e. The summed E-state index contributed by atoms with van der Waals surface area (Å²) in [5.74, 6) is -1.04. The maximum atomic E-state index is 13.7. The fourth-order valence-corrected chi connectivity index (χ4v) is 2.03. The highest BCUT2D eigenvalue weighted by atomic mass is 19.3. The van der Waals surface area contributed by atoms with E-state index in [1.54, 1.807) is 0 Å². The number of piperidine rings is 1. The van der Waals surface area contributed by atoms with Gasteiger partial charge in [-0.05, 0) is 0 Å². The SMILES string of the molecule is CNC(=O)[C@@H]1[C@@H](F)[C@@H](O)[C@H](O)[C@@H](C(F)F)N1CF. The van der Waals surface area contributed by atoms with E-state index in [1.807, 2.05) is 5.32 Å². The monoisotopic (exact) mass is 274 g/mol. The third kappa shape index (κ3) is 2.43. The Bertz CT molecular complexity index is 308. The molecule has 106 valence electrons. The molecule has 3 N–H and O–H groups in total. The molecular weight excluding hydrogens is 260 g/mol. The normalized spacial score (nSPS) is 37.9. The zero-order valence-electron chi connectivity index (χ0n) is 9.43. The van der Waals surface area contributed by atoms with Crippen LogP contribution in [0.1, 0.15) is 0 Å². The molecule has 0 bridgehead atoms. The summed E-state index contributed by atoms with van der Waals surface area (Å²) in [6.45, 7) is -1.54. The fraction of sp³-hybridized carbons (Fsp3) is 0.889. The van der Waals surface area contributed by atoms with Gasteiger partial charge in [-0.15, -0.1) is 0 Å². The molecule has 1 aliphatic heterocycles. The molecule has 18 heavy (non-hydrogen) atoms. The number of likely N-dealkylation sites (N-methyl/N-ethyl adjacent to an activating group) is 1. The number of aliphatic hydroxyl groups excluding tert-OH is 2. The molecule has 0 aromatic carbocycles. The van der Waals surface area contributed by atoms with Crippen molar-refractivity contribution in [1.29, 1.82) is 0 Å². The number of hydrogen-bond acceptors (Lipinski definition) is 4. The maximum Gasteiger partial charge on any atom is 0.256 e. The molecule has 0 spiro atoms. The molecule has 0 radical (unpaired) electrons. The van der Waals surface area contributed by atoms with Gasteiger partial charge in [0, 0.05) is 7.05 Å². The van der Waals surface area contributed by atoms with Crippen LogP contribution < -0.4 is 5.32 Å². The zero-order chi connectivity index (χ0) is 14.0. The largest absolute Gasteiger partial charge is 0.388 e. The molecule has 1 saturated heterocycles. The highest BCUT2D eigenvalue weighted by Gasteiger charge is 2.54. The number of carbonyl (C=O) groups excluding carboxylic acids is 1. The number of alkyl halides is 4. The molecule has 0 saturated carbocycles. The third-order valence-corrected chi connectivity index (χ3v) is 2.98. The maximum absolute atomic E-state index is 13.7. The summed E-state index contributed by atoms with van der Waals surface area (Å²) in [6.07, 6.45) is -9.93. The molecule has 5 atom stereocenters. The topological polar surface area (TPSA) is 72.8 Å². The average Bonchev–Trinajstić information content (AvgIpc) is 2.33. The average molecular weight is 274 g/mol. The van der Waals surface area contributed by atoms with Gasteiger partial charge in [0.05, 0.1) is 0 Å². The van der Waals surface area contributed by atoms with Crippen LogP contribution in [0.4, 0.5) is 17.6 Å². The Balaban J connectivity index is 3.11. The minimum atomic E-state index is -3.23. The second-order valence-corrected chi connectivity index (χ2v) is 3.94. The van der Waals surface area contributed by atoms with E-state index in [0.717, 1.165) is 7.05 Å². The van der Waals surface area contributed by atoms with Crippen LogP contribution in [0.25, 0.3) is 0 Å². The molecule has 0 aromatic rings. The van der Waals surface area contributed by atoms with Gasteiger partial charge in [0.25, 0.3) is 6.43 Å². The predicted molar refractivity (Wildman–Crippen MR) is 52.4 cm³/mol. The molecule has 1 rings (SSSR count). The van der Waals surface area contributed by atoms with Crippen LogP contribution in [0.2, 0.25) is 0 Å². The molecule has 9 heteroatoms. The molecule has 1 aliphatic rings. The Morgan fingerprint density at radius 1 is 1.39 bits per heavy atom. The van der Waals surface area contributed by atoms with Crippen LogP contribution in [0.3, 0.4) is 0 Å². The van der Waals surface area contributed by atoms with Gasteiger partial charge in [-0.1, -0.05) is 0 Å². The lowest BCUT2D eigenvalue weighted by molar-refractivity contribution is -0.185.